The van der Waals surface area contributed by atoms with Crippen molar-refractivity contribution in [1.29, 1.82) is 0 Å². The zero-order chi connectivity index (χ0) is 14.6. The van der Waals surface area contributed by atoms with Crippen LogP contribution in [0.1, 0.15) is 64.5 Å². The van der Waals surface area contributed by atoms with Crippen molar-refractivity contribution in [2.75, 3.05) is 7.11 Å². The third kappa shape index (κ3) is 3.99. The molecule has 0 spiro atoms. The van der Waals surface area contributed by atoms with E-state index in [1.807, 2.05) is 0 Å². The lowest BCUT2D eigenvalue weighted by atomic mass is 9.75. The first-order chi connectivity index (χ1) is 9.54. The molecule has 1 aromatic carbocycles. The number of benzene rings is 1. The molecule has 112 valence electrons. The summed E-state index contributed by atoms with van der Waals surface area (Å²) in [5, 5.41) is 3.87. The molecule has 1 fully saturated rings. The van der Waals surface area contributed by atoms with Crippen LogP contribution in [0.25, 0.3) is 0 Å². The van der Waals surface area contributed by atoms with Gasteiger partial charge in [-0.05, 0) is 48.8 Å². The van der Waals surface area contributed by atoms with Crippen molar-refractivity contribution < 1.29 is 4.74 Å². The van der Waals surface area contributed by atoms with Gasteiger partial charge in [0, 0.05) is 12.1 Å². The summed E-state index contributed by atoms with van der Waals surface area (Å²) in [6.07, 6.45) is 6.45. The molecule has 0 aliphatic heterocycles. The van der Waals surface area contributed by atoms with Crippen molar-refractivity contribution in [3.05, 3.63) is 29.8 Å². The SMILES string of the molecule is CCC(NC1CCCC(C)(C)C1)c1ccc(OC)cc1. The molecule has 1 N–H and O–H groups in total. The fourth-order valence-electron chi connectivity index (χ4n) is 3.41. The van der Waals surface area contributed by atoms with Crippen LogP contribution >= 0.6 is 0 Å². The highest BCUT2D eigenvalue weighted by atomic mass is 16.5. The highest BCUT2D eigenvalue weighted by Gasteiger charge is 2.29. The maximum absolute atomic E-state index is 5.24. The molecule has 1 saturated carbocycles. The van der Waals surface area contributed by atoms with E-state index in [-0.39, 0.29) is 0 Å². The van der Waals surface area contributed by atoms with Crippen LogP contribution in [0, 0.1) is 5.41 Å². The summed E-state index contributed by atoms with van der Waals surface area (Å²) >= 11 is 0. The molecule has 0 amide bonds. The number of ether oxygens (including phenoxy) is 1. The predicted molar refractivity (Wildman–Crippen MR) is 85.2 cm³/mol. The van der Waals surface area contributed by atoms with Gasteiger partial charge in [0.05, 0.1) is 7.11 Å². The van der Waals surface area contributed by atoms with Gasteiger partial charge >= 0.3 is 0 Å². The molecular formula is C18H29NO. The van der Waals surface area contributed by atoms with E-state index in [0.29, 0.717) is 17.5 Å². The fraction of sp³-hybridized carbons (Fsp3) is 0.667. The van der Waals surface area contributed by atoms with E-state index in [0.717, 1.165) is 12.2 Å². The van der Waals surface area contributed by atoms with E-state index in [1.54, 1.807) is 7.11 Å². The molecule has 2 unspecified atom stereocenters. The van der Waals surface area contributed by atoms with Gasteiger partial charge < -0.3 is 10.1 Å². The van der Waals surface area contributed by atoms with Crippen molar-refractivity contribution in [3.63, 3.8) is 0 Å². The second-order valence-electron chi connectivity index (χ2n) is 6.86. The minimum atomic E-state index is 0.458. The number of nitrogens with one attached hydrogen (secondary N) is 1. The maximum atomic E-state index is 5.24. The summed E-state index contributed by atoms with van der Waals surface area (Å²) in [5.74, 6) is 0.933. The Morgan fingerprint density at radius 2 is 2.00 bits per heavy atom. The van der Waals surface area contributed by atoms with Crippen molar-refractivity contribution in [1.82, 2.24) is 5.32 Å². The third-order valence-electron chi connectivity index (χ3n) is 4.57. The second-order valence-corrected chi connectivity index (χ2v) is 6.86. The standard InChI is InChI=1S/C18H29NO/c1-5-17(14-8-10-16(20-4)11-9-14)19-15-7-6-12-18(2,3)13-15/h8-11,15,17,19H,5-7,12-13H2,1-4H3. The van der Waals surface area contributed by atoms with Crippen LogP contribution in [0.4, 0.5) is 0 Å². The predicted octanol–water partition coefficient (Wildman–Crippen LogP) is 4.70. The van der Waals surface area contributed by atoms with Crippen LogP contribution in [0.2, 0.25) is 0 Å². The van der Waals surface area contributed by atoms with Gasteiger partial charge in [-0.15, -0.1) is 0 Å². The quantitative estimate of drug-likeness (QED) is 0.840. The average Bonchev–Trinajstić information content (AvgIpc) is 2.44. The molecule has 2 rings (SSSR count). The van der Waals surface area contributed by atoms with Gasteiger partial charge in [0.25, 0.3) is 0 Å². The molecule has 2 nitrogen and oxygen atoms in total. The molecular weight excluding hydrogens is 246 g/mol. The summed E-state index contributed by atoms with van der Waals surface area (Å²) in [7, 11) is 1.72. The molecule has 0 aromatic heterocycles. The Morgan fingerprint density at radius 3 is 2.55 bits per heavy atom. The lowest BCUT2D eigenvalue weighted by Gasteiger charge is -2.37. The van der Waals surface area contributed by atoms with E-state index in [9.17, 15) is 0 Å². The third-order valence-corrected chi connectivity index (χ3v) is 4.57. The van der Waals surface area contributed by atoms with Crippen LogP contribution in [-0.4, -0.2) is 13.2 Å². The van der Waals surface area contributed by atoms with Gasteiger partial charge in [0.1, 0.15) is 5.75 Å². The maximum Gasteiger partial charge on any atom is 0.118 e. The van der Waals surface area contributed by atoms with E-state index in [4.69, 9.17) is 4.74 Å². The van der Waals surface area contributed by atoms with Gasteiger partial charge in [-0.3, -0.25) is 0 Å². The average molecular weight is 275 g/mol. The van der Waals surface area contributed by atoms with Crippen LogP contribution in [-0.2, 0) is 0 Å². The number of hydrogen-bond acceptors (Lipinski definition) is 2. The lowest BCUT2D eigenvalue weighted by molar-refractivity contribution is 0.188. The highest BCUT2D eigenvalue weighted by molar-refractivity contribution is 5.29. The summed E-state index contributed by atoms with van der Waals surface area (Å²) < 4.78 is 5.24. The van der Waals surface area contributed by atoms with Gasteiger partial charge in [0.15, 0.2) is 0 Å². The first-order valence-electron chi connectivity index (χ1n) is 7.94. The Hall–Kier alpha value is -1.02. The van der Waals surface area contributed by atoms with Crippen molar-refractivity contribution in [2.45, 2.75) is 65.0 Å². The summed E-state index contributed by atoms with van der Waals surface area (Å²) in [6.45, 7) is 7.06. The second kappa shape index (κ2) is 6.62. The topological polar surface area (TPSA) is 21.3 Å². The Balaban J connectivity index is 2.00. The Morgan fingerprint density at radius 1 is 1.30 bits per heavy atom. The molecule has 1 aromatic rings. The summed E-state index contributed by atoms with van der Waals surface area (Å²) in [5.41, 5.74) is 1.87. The largest absolute Gasteiger partial charge is 0.497 e. The van der Waals surface area contributed by atoms with Gasteiger partial charge in [-0.2, -0.15) is 0 Å². The molecule has 0 bridgehead atoms. The lowest BCUT2D eigenvalue weighted by Crippen LogP contribution is -2.39. The minimum absolute atomic E-state index is 0.458. The number of methoxy groups -OCH3 is 1. The molecule has 0 radical (unpaired) electrons. The van der Waals surface area contributed by atoms with E-state index < -0.39 is 0 Å². The van der Waals surface area contributed by atoms with Crippen molar-refractivity contribution in [3.8, 4) is 5.75 Å². The first kappa shape index (κ1) is 15.4. The Bertz CT molecular complexity index is 410. The highest BCUT2D eigenvalue weighted by Crippen LogP contribution is 2.36. The minimum Gasteiger partial charge on any atom is -0.497 e. The monoisotopic (exact) mass is 275 g/mol. The van der Waals surface area contributed by atoms with E-state index in [2.05, 4.69) is 50.4 Å². The molecule has 0 saturated heterocycles. The molecule has 20 heavy (non-hydrogen) atoms. The molecule has 2 heteroatoms. The van der Waals surface area contributed by atoms with E-state index in [1.165, 1.54) is 31.2 Å². The molecule has 1 aliphatic carbocycles. The van der Waals surface area contributed by atoms with Gasteiger partial charge in [0.2, 0.25) is 0 Å². The van der Waals surface area contributed by atoms with Crippen LogP contribution in [0.5, 0.6) is 5.75 Å². The van der Waals surface area contributed by atoms with Crippen molar-refractivity contribution >= 4 is 0 Å². The van der Waals surface area contributed by atoms with E-state index >= 15 is 0 Å². The zero-order valence-electron chi connectivity index (χ0n) is 13.4. The Kier molecular flexibility index (Phi) is 5.09. The summed E-state index contributed by atoms with van der Waals surface area (Å²) in [4.78, 5) is 0. The molecule has 1 aliphatic rings. The number of rotatable bonds is 5. The van der Waals surface area contributed by atoms with Gasteiger partial charge in [-0.25, -0.2) is 0 Å². The normalized spacial score (nSPS) is 23.3. The fourth-order valence-corrected chi connectivity index (χ4v) is 3.41. The smallest absolute Gasteiger partial charge is 0.118 e. The van der Waals surface area contributed by atoms with Crippen LogP contribution < -0.4 is 10.1 Å². The van der Waals surface area contributed by atoms with Gasteiger partial charge in [-0.1, -0.05) is 39.3 Å². The molecule has 2 atom stereocenters. The zero-order valence-corrected chi connectivity index (χ0v) is 13.4. The molecule has 0 heterocycles. The Labute approximate surface area is 123 Å². The first-order valence-corrected chi connectivity index (χ1v) is 7.94. The van der Waals surface area contributed by atoms with Crippen LogP contribution in [0.3, 0.4) is 0 Å². The van der Waals surface area contributed by atoms with Crippen LogP contribution in [0.15, 0.2) is 24.3 Å². The number of hydrogen-bond donors (Lipinski definition) is 1. The summed E-state index contributed by atoms with van der Waals surface area (Å²) in [6, 6.07) is 9.61. The van der Waals surface area contributed by atoms with Crippen molar-refractivity contribution in [2.24, 2.45) is 5.41 Å².